The summed E-state index contributed by atoms with van der Waals surface area (Å²) >= 11 is 1.47. The summed E-state index contributed by atoms with van der Waals surface area (Å²) in [7, 11) is -3.65. The molecule has 0 saturated carbocycles. The van der Waals surface area contributed by atoms with E-state index in [1.54, 1.807) is 19.1 Å². The van der Waals surface area contributed by atoms with E-state index < -0.39 is 10.0 Å². The molecule has 1 aromatic carbocycles. The molecule has 1 N–H and O–H groups in total. The molecule has 0 bridgehead atoms. The van der Waals surface area contributed by atoms with Crippen molar-refractivity contribution in [1.29, 1.82) is 5.26 Å². The van der Waals surface area contributed by atoms with Crippen molar-refractivity contribution in [2.24, 2.45) is 0 Å². The summed E-state index contributed by atoms with van der Waals surface area (Å²) in [6, 6.07) is 6.54. The molecule has 20 heavy (non-hydrogen) atoms. The first-order valence-corrected chi connectivity index (χ1v) is 8.20. The standard InChI is InChI=1S/C13H13N3O2S2/c1-9-3-4-11(6-14)5-13(9)20(17,18)15-7-12-8-19-10(2)16-12/h3-5,8,15H,7H2,1-2H3. The predicted molar refractivity (Wildman–Crippen MR) is 76.8 cm³/mol. The van der Waals surface area contributed by atoms with Crippen LogP contribution < -0.4 is 4.72 Å². The van der Waals surface area contributed by atoms with Crippen LogP contribution in [0.1, 0.15) is 21.8 Å². The molecule has 104 valence electrons. The second-order valence-electron chi connectivity index (χ2n) is 4.27. The van der Waals surface area contributed by atoms with Gasteiger partial charge in [-0.1, -0.05) is 6.07 Å². The number of hydrogen-bond donors (Lipinski definition) is 1. The van der Waals surface area contributed by atoms with Gasteiger partial charge >= 0.3 is 0 Å². The van der Waals surface area contributed by atoms with Crippen molar-refractivity contribution in [2.45, 2.75) is 25.3 Å². The number of benzene rings is 1. The molecule has 5 nitrogen and oxygen atoms in total. The van der Waals surface area contributed by atoms with Crippen molar-refractivity contribution in [3.05, 3.63) is 45.4 Å². The zero-order valence-electron chi connectivity index (χ0n) is 11.0. The Morgan fingerprint density at radius 1 is 1.40 bits per heavy atom. The molecule has 0 aliphatic rings. The fourth-order valence-electron chi connectivity index (χ4n) is 1.70. The third-order valence-electron chi connectivity index (χ3n) is 2.72. The van der Waals surface area contributed by atoms with Crippen molar-refractivity contribution >= 4 is 21.4 Å². The fraction of sp³-hybridized carbons (Fsp3) is 0.231. The average molecular weight is 307 g/mol. The highest BCUT2D eigenvalue weighted by Gasteiger charge is 2.17. The number of hydrogen-bond acceptors (Lipinski definition) is 5. The molecular formula is C13H13N3O2S2. The molecule has 1 heterocycles. The Bertz CT molecular complexity index is 773. The van der Waals surface area contributed by atoms with E-state index in [0.717, 1.165) is 5.01 Å². The maximum Gasteiger partial charge on any atom is 0.241 e. The Labute approximate surface area is 122 Å². The second-order valence-corrected chi connectivity index (χ2v) is 7.07. The maximum absolute atomic E-state index is 12.3. The zero-order chi connectivity index (χ0) is 14.8. The van der Waals surface area contributed by atoms with Crippen LogP contribution in [0.2, 0.25) is 0 Å². The van der Waals surface area contributed by atoms with Crippen molar-refractivity contribution in [3.63, 3.8) is 0 Å². The van der Waals surface area contributed by atoms with Gasteiger partial charge in [-0.05, 0) is 31.5 Å². The van der Waals surface area contributed by atoms with Crippen LogP contribution >= 0.6 is 11.3 Å². The number of sulfonamides is 1. The first kappa shape index (κ1) is 14.7. The summed E-state index contributed by atoms with van der Waals surface area (Å²) in [5.41, 5.74) is 1.61. The number of rotatable bonds is 4. The smallest absolute Gasteiger partial charge is 0.241 e. The molecule has 0 spiro atoms. The maximum atomic E-state index is 12.3. The van der Waals surface area contributed by atoms with Gasteiger partial charge in [0.2, 0.25) is 10.0 Å². The Kier molecular flexibility index (Phi) is 4.18. The summed E-state index contributed by atoms with van der Waals surface area (Å²) in [5, 5.41) is 11.6. The summed E-state index contributed by atoms with van der Waals surface area (Å²) in [5.74, 6) is 0. The minimum Gasteiger partial charge on any atom is -0.245 e. The lowest BCUT2D eigenvalue weighted by atomic mass is 10.2. The minimum absolute atomic E-state index is 0.128. The van der Waals surface area contributed by atoms with Crippen molar-refractivity contribution < 1.29 is 8.42 Å². The highest BCUT2D eigenvalue weighted by molar-refractivity contribution is 7.89. The van der Waals surface area contributed by atoms with Crippen LogP contribution in [0, 0.1) is 25.2 Å². The number of aryl methyl sites for hydroxylation is 2. The van der Waals surface area contributed by atoms with Crippen LogP contribution in [-0.2, 0) is 16.6 Å². The molecule has 0 aliphatic heterocycles. The Hall–Kier alpha value is -1.75. The molecule has 1 aromatic heterocycles. The SMILES string of the molecule is Cc1nc(CNS(=O)(=O)c2cc(C#N)ccc2C)cs1. The van der Waals surface area contributed by atoms with Crippen LogP contribution in [0.25, 0.3) is 0 Å². The van der Waals surface area contributed by atoms with Gasteiger partial charge in [0.05, 0.1) is 33.8 Å². The fourth-order valence-corrected chi connectivity index (χ4v) is 3.58. The number of nitriles is 1. The Balaban J connectivity index is 2.24. The molecule has 2 rings (SSSR count). The van der Waals surface area contributed by atoms with Crippen LogP contribution in [-0.4, -0.2) is 13.4 Å². The number of thiazole rings is 1. The molecule has 0 aliphatic carbocycles. The first-order valence-electron chi connectivity index (χ1n) is 5.84. The molecule has 0 saturated heterocycles. The molecule has 0 amide bonds. The third kappa shape index (κ3) is 3.22. The highest BCUT2D eigenvalue weighted by atomic mass is 32.2. The van der Waals surface area contributed by atoms with Crippen molar-refractivity contribution in [1.82, 2.24) is 9.71 Å². The lowest BCUT2D eigenvalue weighted by molar-refractivity contribution is 0.580. The van der Waals surface area contributed by atoms with E-state index in [9.17, 15) is 8.42 Å². The van der Waals surface area contributed by atoms with Gasteiger partial charge in [0.15, 0.2) is 0 Å². The topological polar surface area (TPSA) is 82.8 Å². The summed E-state index contributed by atoms with van der Waals surface area (Å²) in [6.45, 7) is 3.70. The quantitative estimate of drug-likeness (QED) is 0.937. The summed E-state index contributed by atoms with van der Waals surface area (Å²) in [6.07, 6.45) is 0. The van der Waals surface area contributed by atoms with Gasteiger partial charge in [-0.25, -0.2) is 18.1 Å². The largest absolute Gasteiger partial charge is 0.245 e. The minimum atomic E-state index is -3.65. The van der Waals surface area contributed by atoms with Crippen LogP contribution in [0.4, 0.5) is 0 Å². The molecule has 0 unspecified atom stereocenters. The zero-order valence-corrected chi connectivity index (χ0v) is 12.7. The number of nitrogens with one attached hydrogen (secondary N) is 1. The van der Waals surface area contributed by atoms with Gasteiger partial charge in [-0.2, -0.15) is 5.26 Å². The van der Waals surface area contributed by atoms with Gasteiger partial charge in [0, 0.05) is 5.38 Å². The van der Waals surface area contributed by atoms with E-state index >= 15 is 0 Å². The number of nitrogens with zero attached hydrogens (tertiary/aromatic N) is 2. The third-order valence-corrected chi connectivity index (χ3v) is 5.08. The van der Waals surface area contributed by atoms with E-state index in [1.165, 1.54) is 17.4 Å². The molecule has 7 heteroatoms. The lowest BCUT2D eigenvalue weighted by Crippen LogP contribution is -2.24. The predicted octanol–water partition coefficient (Wildman–Crippen LogP) is 2.11. The van der Waals surface area contributed by atoms with E-state index in [4.69, 9.17) is 5.26 Å². The normalized spacial score (nSPS) is 11.2. The average Bonchev–Trinajstić information content (AvgIpc) is 2.83. The molecule has 0 radical (unpaired) electrons. The van der Waals surface area contributed by atoms with E-state index in [-0.39, 0.29) is 11.4 Å². The van der Waals surface area contributed by atoms with Crippen LogP contribution in [0.3, 0.4) is 0 Å². The summed E-state index contributed by atoms with van der Waals surface area (Å²) in [4.78, 5) is 4.33. The second kappa shape index (κ2) is 5.71. The van der Waals surface area contributed by atoms with Gasteiger partial charge in [-0.3, -0.25) is 0 Å². The molecular weight excluding hydrogens is 294 g/mol. The molecule has 0 fully saturated rings. The van der Waals surface area contributed by atoms with Gasteiger partial charge in [-0.15, -0.1) is 11.3 Å². The van der Waals surface area contributed by atoms with Crippen molar-refractivity contribution in [3.8, 4) is 6.07 Å². The number of aromatic nitrogens is 1. The summed E-state index contributed by atoms with van der Waals surface area (Å²) < 4.78 is 27.0. The molecule has 0 atom stereocenters. The van der Waals surface area contributed by atoms with E-state index in [1.807, 2.05) is 18.4 Å². The van der Waals surface area contributed by atoms with Gasteiger partial charge in [0.1, 0.15) is 0 Å². The van der Waals surface area contributed by atoms with E-state index in [0.29, 0.717) is 16.8 Å². The van der Waals surface area contributed by atoms with Gasteiger partial charge < -0.3 is 0 Å². The van der Waals surface area contributed by atoms with Crippen molar-refractivity contribution in [2.75, 3.05) is 0 Å². The monoisotopic (exact) mass is 307 g/mol. The van der Waals surface area contributed by atoms with Crippen LogP contribution in [0.15, 0.2) is 28.5 Å². The molecule has 2 aromatic rings. The van der Waals surface area contributed by atoms with E-state index in [2.05, 4.69) is 9.71 Å². The first-order chi connectivity index (χ1) is 9.42. The Morgan fingerprint density at radius 2 is 2.15 bits per heavy atom. The van der Waals surface area contributed by atoms with Gasteiger partial charge in [0.25, 0.3) is 0 Å². The lowest BCUT2D eigenvalue weighted by Gasteiger charge is -2.08. The Morgan fingerprint density at radius 3 is 2.75 bits per heavy atom. The highest BCUT2D eigenvalue weighted by Crippen LogP contribution is 2.17. The van der Waals surface area contributed by atoms with Crippen LogP contribution in [0.5, 0.6) is 0 Å².